The van der Waals surface area contributed by atoms with Crippen LogP contribution in [0.2, 0.25) is 5.02 Å². The number of carbonyl (C=O) groups is 1. The summed E-state index contributed by atoms with van der Waals surface area (Å²) < 4.78 is 4.82. The Morgan fingerprint density at radius 2 is 2.22 bits per heavy atom. The molecule has 0 spiro atoms. The van der Waals surface area contributed by atoms with E-state index in [1.165, 1.54) is 6.07 Å². The highest BCUT2D eigenvalue weighted by molar-refractivity contribution is 9.08. The highest BCUT2D eigenvalue weighted by atomic mass is 79.9. The summed E-state index contributed by atoms with van der Waals surface area (Å²) in [6.07, 6.45) is -0.0316. The van der Waals surface area contributed by atoms with Crippen molar-refractivity contribution in [2.24, 2.45) is 0 Å². The molecule has 0 saturated heterocycles. The molecule has 0 aliphatic carbocycles. The lowest BCUT2D eigenvalue weighted by atomic mass is 10.0. The minimum atomic E-state index is -0.517. The first-order valence-corrected chi connectivity index (χ1v) is 6.66. The molecule has 1 aromatic rings. The Balaban J connectivity index is 3.17. The van der Waals surface area contributed by atoms with Crippen LogP contribution < -0.4 is 0 Å². The second kappa shape index (κ2) is 6.70. The van der Waals surface area contributed by atoms with Crippen LogP contribution in [0.5, 0.6) is 0 Å². The van der Waals surface area contributed by atoms with Crippen LogP contribution in [0, 0.1) is 10.1 Å². The summed E-state index contributed by atoms with van der Waals surface area (Å²) in [5, 5.41) is 11.4. The van der Waals surface area contributed by atoms with Gasteiger partial charge in [0.25, 0.3) is 5.69 Å². The number of carbonyl (C=O) groups excluding carboxylic acids is 1. The fourth-order valence-electron chi connectivity index (χ4n) is 1.52. The van der Waals surface area contributed by atoms with E-state index in [9.17, 15) is 14.9 Å². The summed E-state index contributed by atoms with van der Waals surface area (Å²) in [6, 6.07) is 2.81. The number of alkyl halides is 1. The van der Waals surface area contributed by atoms with E-state index < -0.39 is 10.9 Å². The molecule has 0 amide bonds. The molecule has 5 nitrogen and oxygen atoms in total. The minimum absolute atomic E-state index is 0.0316. The molecule has 7 heteroatoms. The van der Waals surface area contributed by atoms with Gasteiger partial charge in [0.15, 0.2) is 0 Å². The first kappa shape index (κ1) is 14.9. The summed E-state index contributed by atoms with van der Waals surface area (Å²) in [5.41, 5.74) is 0.848. The Kier molecular flexibility index (Phi) is 5.55. The minimum Gasteiger partial charge on any atom is -0.466 e. The van der Waals surface area contributed by atoms with Crippen LogP contribution in [0.3, 0.4) is 0 Å². The molecule has 0 atom stereocenters. The van der Waals surface area contributed by atoms with Gasteiger partial charge in [-0.15, -0.1) is 0 Å². The Hall–Kier alpha value is -1.14. The number of halogens is 2. The van der Waals surface area contributed by atoms with Crippen molar-refractivity contribution in [1.82, 2.24) is 0 Å². The van der Waals surface area contributed by atoms with Crippen LogP contribution in [0.25, 0.3) is 0 Å². The van der Waals surface area contributed by atoms with E-state index in [2.05, 4.69) is 15.9 Å². The standard InChI is InChI=1S/C11H11BrClNO4/c1-2-18-11(15)4-7-3-8(13)5-10(14(16)17)9(7)6-12/h3,5H,2,4,6H2,1H3. The Labute approximate surface area is 117 Å². The van der Waals surface area contributed by atoms with Gasteiger partial charge in [-0.1, -0.05) is 27.5 Å². The lowest BCUT2D eigenvalue weighted by molar-refractivity contribution is -0.385. The summed E-state index contributed by atoms with van der Waals surface area (Å²) >= 11 is 8.99. The van der Waals surface area contributed by atoms with Crippen molar-refractivity contribution in [2.75, 3.05) is 6.61 Å². The van der Waals surface area contributed by atoms with Crippen molar-refractivity contribution in [2.45, 2.75) is 18.7 Å². The fraction of sp³-hybridized carbons (Fsp3) is 0.364. The zero-order valence-corrected chi connectivity index (χ0v) is 12.0. The van der Waals surface area contributed by atoms with E-state index in [0.717, 1.165) is 0 Å². The van der Waals surface area contributed by atoms with E-state index in [0.29, 0.717) is 11.1 Å². The lowest BCUT2D eigenvalue weighted by Gasteiger charge is -2.08. The van der Waals surface area contributed by atoms with Crippen LogP contribution in [0.4, 0.5) is 5.69 Å². The maximum Gasteiger partial charge on any atom is 0.310 e. The summed E-state index contributed by atoms with van der Waals surface area (Å²) in [7, 11) is 0. The molecule has 0 fully saturated rings. The molecule has 0 N–H and O–H groups in total. The van der Waals surface area contributed by atoms with Gasteiger partial charge in [0, 0.05) is 22.0 Å². The molecule has 0 aromatic heterocycles. The van der Waals surface area contributed by atoms with Crippen LogP contribution in [-0.4, -0.2) is 17.5 Å². The summed E-state index contributed by atoms with van der Waals surface area (Å²) in [5.74, 6) is -0.434. The van der Waals surface area contributed by atoms with Gasteiger partial charge in [-0.25, -0.2) is 0 Å². The van der Waals surface area contributed by atoms with Crippen molar-refractivity contribution >= 4 is 39.2 Å². The lowest BCUT2D eigenvalue weighted by Crippen LogP contribution is -2.10. The summed E-state index contributed by atoms with van der Waals surface area (Å²) in [4.78, 5) is 21.8. The van der Waals surface area contributed by atoms with Crippen molar-refractivity contribution in [3.63, 3.8) is 0 Å². The summed E-state index contributed by atoms with van der Waals surface area (Å²) in [6.45, 7) is 1.97. The molecule has 0 heterocycles. The highest BCUT2D eigenvalue weighted by Gasteiger charge is 2.20. The number of esters is 1. The molecule has 0 radical (unpaired) electrons. The normalized spacial score (nSPS) is 10.2. The van der Waals surface area contributed by atoms with Crippen LogP contribution in [-0.2, 0) is 21.3 Å². The SMILES string of the molecule is CCOC(=O)Cc1cc(Cl)cc([N+](=O)[O-])c1CBr. The average Bonchev–Trinajstić information content (AvgIpc) is 2.28. The molecule has 0 saturated carbocycles. The van der Waals surface area contributed by atoms with E-state index in [1.807, 2.05) is 0 Å². The van der Waals surface area contributed by atoms with E-state index in [4.69, 9.17) is 16.3 Å². The topological polar surface area (TPSA) is 69.4 Å². The molecule has 98 valence electrons. The van der Waals surface area contributed by atoms with Gasteiger partial charge in [-0.05, 0) is 18.6 Å². The number of rotatable bonds is 5. The zero-order valence-electron chi connectivity index (χ0n) is 9.61. The molecule has 1 rings (SSSR count). The van der Waals surface area contributed by atoms with Crippen LogP contribution in [0.15, 0.2) is 12.1 Å². The van der Waals surface area contributed by atoms with E-state index in [-0.39, 0.29) is 29.1 Å². The quantitative estimate of drug-likeness (QED) is 0.358. The first-order chi connectivity index (χ1) is 8.49. The third kappa shape index (κ3) is 3.68. The fourth-order valence-corrected chi connectivity index (χ4v) is 2.40. The molecule has 18 heavy (non-hydrogen) atoms. The van der Waals surface area contributed by atoms with Gasteiger partial charge in [-0.2, -0.15) is 0 Å². The maximum atomic E-state index is 11.4. The number of nitro benzene ring substituents is 1. The van der Waals surface area contributed by atoms with Crippen molar-refractivity contribution in [3.8, 4) is 0 Å². The zero-order chi connectivity index (χ0) is 13.7. The third-order valence-electron chi connectivity index (χ3n) is 2.25. The molecule has 0 aliphatic rings. The molecule has 1 aromatic carbocycles. The monoisotopic (exact) mass is 335 g/mol. The van der Waals surface area contributed by atoms with Gasteiger partial charge in [0.05, 0.1) is 18.0 Å². The van der Waals surface area contributed by atoms with Gasteiger partial charge in [0.2, 0.25) is 0 Å². The Morgan fingerprint density at radius 3 is 2.72 bits per heavy atom. The van der Waals surface area contributed by atoms with Gasteiger partial charge < -0.3 is 4.74 Å². The second-order valence-electron chi connectivity index (χ2n) is 3.44. The number of hydrogen-bond donors (Lipinski definition) is 0. The number of benzene rings is 1. The number of ether oxygens (including phenoxy) is 1. The van der Waals surface area contributed by atoms with Crippen LogP contribution >= 0.6 is 27.5 Å². The number of hydrogen-bond acceptors (Lipinski definition) is 4. The Bertz CT molecular complexity index is 478. The molecule has 0 unspecified atom stereocenters. The van der Waals surface area contributed by atoms with Crippen molar-refractivity contribution < 1.29 is 14.5 Å². The van der Waals surface area contributed by atoms with Gasteiger partial charge in [0.1, 0.15) is 0 Å². The van der Waals surface area contributed by atoms with Gasteiger partial charge >= 0.3 is 5.97 Å². The van der Waals surface area contributed by atoms with Crippen LogP contribution in [0.1, 0.15) is 18.1 Å². The molecule has 0 bridgehead atoms. The van der Waals surface area contributed by atoms with Gasteiger partial charge in [-0.3, -0.25) is 14.9 Å². The largest absolute Gasteiger partial charge is 0.466 e. The molecular weight excluding hydrogens is 325 g/mol. The maximum absolute atomic E-state index is 11.4. The number of nitro groups is 1. The number of nitrogens with zero attached hydrogens (tertiary/aromatic N) is 1. The Morgan fingerprint density at radius 1 is 1.56 bits per heavy atom. The molecular formula is C11H11BrClNO4. The molecule has 0 aliphatic heterocycles. The average molecular weight is 337 g/mol. The smallest absolute Gasteiger partial charge is 0.310 e. The van der Waals surface area contributed by atoms with E-state index in [1.54, 1.807) is 13.0 Å². The second-order valence-corrected chi connectivity index (χ2v) is 4.43. The predicted octanol–water partition coefficient (Wildman–Crippen LogP) is 3.25. The predicted molar refractivity (Wildman–Crippen MR) is 71.1 cm³/mol. The highest BCUT2D eigenvalue weighted by Crippen LogP contribution is 2.29. The van der Waals surface area contributed by atoms with Crippen molar-refractivity contribution in [1.29, 1.82) is 0 Å². The van der Waals surface area contributed by atoms with Crippen molar-refractivity contribution in [3.05, 3.63) is 38.4 Å². The van der Waals surface area contributed by atoms with E-state index >= 15 is 0 Å². The first-order valence-electron chi connectivity index (χ1n) is 5.16. The third-order valence-corrected chi connectivity index (χ3v) is 3.03.